The highest BCUT2D eigenvalue weighted by molar-refractivity contribution is 6.43. The number of aliphatic imine (C=N–C) groups is 2. The Morgan fingerprint density at radius 3 is 1.93 bits per heavy atom. The molecule has 2 atom stereocenters. The summed E-state index contributed by atoms with van der Waals surface area (Å²) in [5, 5.41) is 5.47. The molecular weight excluding hydrogens is 654 g/mol. The molecule has 3 N–H and O–H groups in total. The van der Waals surface area contributed by atoms with E-state index in [1.54, 1.807) is 36.9 Å². The zero-order chi connectivity index (χ0) is 32.4. The molecule has 0 aliphatic carbocycles. The van der Waals surface area contributed by atoms with Crippen LogP contribution < -0.4 is 11.1 Å². The zero-order valence-corrected chi connectivity index (χ0v) is 27.7. The Balaban J connectivity index is 0.000000213. The van der Waals surface area contributed by atoms with Crippen LogP contribution in [0.5, 0.6) is 0 Å². The van der Waals surface area contributed by atoms with Gasteiger partial charge < -0.3 is 15.8 Å². The van der Waals surface area contributed by atoms with Crippen LogP contribution >= 0.6 is 46.4 Å². The number of pyridine rings is 2. The Bertz CT molecular complexity index is 1550. The third kappa shape index (κ3) is 12.1. The highest BCUT2D eigenvalue weighted by Crippen LogP contribution is 2.32. The van der Waals surface area contributed by atoms with E-state index < -0.39 is 0 Å². The highest BCUT2D eigenvalue weighted by atomic mass is 35.5. The molecule has 0 saturated carbocycles. The van der Waals surface area contributed by atoms with Crippen LogP contribution in [-0.4, -0.2) is 41.8 Å². The number of benzene rings is 2. The maximum absolute atomic E-state index is 9.27. The average molecular weight is 688 g/mol. The summed E-state index contributed by atoms with van der Waals surface area (Å²) in [6.07, 6.45) is 10.9. The van der Waals surface area contributed by atoms with Crippen LogP contribution in [0, 0.1) is 0 Å². The van der Waals surface area contributed by atoms with Crippen molar-refractivity contribution < 1.29 is 9.53 Å². The number of isocyanates is 1. The molecule has 0 spiro atoms. The third-order valence-corrected chi connectivity index (χ3v) is 8.08. The molecule has 0 fully saturated rings. The first-order valence-electron chi connectivity index (χ1n) is 14.2. The molecule has 0 amide bonds. The van der Waals surface area contributed by atoms with Gasteiger partial charge in [-0.15, -0.1) is 0 Å². The van der Waals surface area contributed by atoms with E-state index in [-0.39, 0.29) is 12.1 Å². The van der Waals surface area contributed by atoms with Gasteiger partial charge in [-0.2, -0.15) is 0 Å². The van der Waals surface area contributed by atoms with Crippen LogP contribution in [0.2, 0.25) is 20.1 Å². The van der Waals surface area contributed by atoms with Gasteiger partial charge in [-0.3, -0.25) is 9.97 Å². The van der Waals surface area contributed by atoms with Crippen molar-refractivity contribution in [1.29, 1.82) is 0 Å². The van der Waals surface area contributed by atoms with Crippen LogP contribution in [0.4, 0.5) is 0 Å². The van der Waals surface area contributed by atoms with Gasteiger partial charge in [-0.05, 0) is 77.9 Å². The third-order valence-electron chi connectivity index (χ3n) is 6.42. The molecule has 0 radical (unpaired) electrons. The predicted octanol–water partition coefficient (Wildman–Crippen LogP) is 8.01. The molecule has 2 aromatic heterocycles. The first-order valence-corrected chi connectivity index (χ1v) is 15.7. The van der Waals surface area contributed by atoms with E-state index in [2.05, 4.69) is 25.3 Å². The highest BCUT2D eigenvalue weighted by Gasteiger charge is 2.20. The second kappa shape index (κ2) is 19.8. The molecule has 8 nitrogen and oxygen atoms in total. The SMILES string of the molecule is CCCN=C=O.Clc1cccc(C(Cc2ccncc2)NC2=NCCO2)c1Cl.NC(Cc1ccncc1)c1cccc(Cl)c1Cl. The topological polar surface area (TPSA) is 115 Å². The van der Waals surface area contributed by atoms with E-state index >= 15 is 0 Å². The number of rotatable bonds is 9. The number of hydrogen-bond acceptors (Lipinski definition) is 8. The molecule has 1 aliphatic rings. The molecule has 1 aliphatic heterocycles. The van der Waals surface area contributed by atoms with Gasteiger partial charge in [0.15, 0.2) is 0 Å². The van der Waals surface area contributed by atoms with Gasteiger partial charge in [0.05, 0.1) is 39.2 Å². The second-order valence-corrected chi connectivity index (χ2v) is 11.3. The Hall–Kier alpha value is -3.49. The van der Waals surface area contributed by atoms with Crippen LogP contribution in [0.15, 0.2) is 95.4 Å². The van der Waals surface area contributed by atoms with Crippen molar-refractivity contribution in [2.45, 2.75) is 38.3 Å². The molecule has 0 saturated heterocycles. The first-order chi connectivity index (χ1) is 21.8. The van der Waals surface area contributed by atoms with Gasteiger partial charge in [-0.1, -0.05) is 77.6 Å². The summed E-state index contributed by atoms with van der Waals surface area (Å²) in [5.74, 6) is 0. The minimum Gasteiger partial charge on any atom is -0.463 e. The number of aromatic nitrogens is 2. The largest absolute Gasteiger partial charge is 0.463 e. The van der Waals surface area contributed by atoms with Gasteiger partial charge in [-0.25, -0.2) is 14.8 Å². The van der Waals surface area contributed by atoms with Crippen molar-refractivity contribution in [1.82, 2.24) is 15.3 Å². The van der Waals surface area contributed by atoms with E-state index in [1.807, 2.05) is 55.5 Å². The van der Waals surface area contributed by atoms with E-state index in [1.165, 1.54) is 6.08 Å². The molecule has 12 heteroatoms. The van der Waals surface area contributed by atoms with E-state index in [0.29, 0.717) is 52.2 Å². The molecule has 2 aromatic carbocycles. The Kier molecular flexibility index (Phi) is 15.8. The Morgan fingerprint density at radius 1 is 0.867 bits per heavy atom. The standard InChI is InChI=1S/C16H15Cl2N3O.C13H12Cl2N2.C4H7NO/c17-13-3-1-2-12(15(13)18)14(21-16-20-8-9-22-16)10-11-4-6-19-7-5-11;14-11-3-1-2-10(13(11)15)12(16)8-9-4-6-17-7-5-9;1-2-3-5-4-6/h1-7,14H,8-10H2,(H,20,21);1-7,12H,8,16H2;2-3H2,1H3. The summed E-state index contributed by atoms with van der Waals surface area (Å²) >= 11 is 24.6. The molecule has 5 rings (SSSR count). The minimum atomic E-state index is -0.163. The lowest BCUT2D eigenvalue weighted by Gasteiger charge is -2.21. The lowest BCUT2D eigenvalue weighted by molar-refractivity contribution is 0.325. The summed E-state index contributed by atoms with van der Waals surface area (Å²) in [5.41, 5.74) is 10.2. The van der Waals surface area contributed by atoms with Crippen LogP contribution in [0.1, 0.15) is 47.7 Å². The lowest BCUT2D eigenvalue weighted by Crippen LogP contribution is -2.30. The maximum atomic E-state index is 9.27. The first kappa shape index (κ1) is 36.0. The fourth-order valence-corrected chi connectivity index (χ4v) is 5.09. The van der Waals surface area contributed by atoms with Gasteiger partial charge in [0.2, 0.25) is 6.08 Å². The summed E-state index contributed by atoms with van der Waals surface area (Å²) in [4.78, 5) is 24.9. The van der Waals surface area contributed by atoms with Gasteiger partial charge in [0, 0.05) is 30.8 Å². The van der Waals surface area contributed by atoms with Crippen LogP contribution in [0.3, 0.4) is 0 Å². The summed E-state index contributed by atoms with van der Waals surface area (Å²) < 4.78 is 5.46. The monoisotopic (exact) mass is 686 g/mol. The van der Waals surface area contributed by atoms with E-state index in [0.717, 1.165) is 35.1 Å². The van der Waals surface area contributed by atoms with Crippen molar-refractivity contribution in [2.75, 3.05) is 19.7 Å². The number of carbonyl (C=O) groups excluding carboxylic acids is 1. The molecule has 4 aromatic rings. The van der Waals surface area contributed by atoms with Gasteiger partial charge in [0.1, 0.15) is 6.61 Å². The number of nitrogens with two attached hydrogens (primary N) is 1. The van der Waals surface area contributed by atoms with E-state index in [9.17, 15) is 4.79 Å². The van der Waals surface area contributed by atoms with Crippen molar-refractivity contribution >= 4 is 58.5 Å². The van der Waals surface area contributed by atoms with Crippen LogP contribution in [-0.2, 0) is 22.4 Å². The Labute approximate surface area is 283 Å². The lowest BCUT2D eigenvalue weighted by atomic mass is 9.99. The minimum absolute atomic E-state index is 0.0783. The average Bonchev–Trinajstić information content (AvgIpc) is 3.57. The zero-order valence-electron chi connectivity index (χ0n) is 24.7. The number of ether oxygens (including phenoxy) is 1. The summed E-state index contributed by atoms with van der Waals surface area (Å²) in [6.45, 7) is 3.85. The molecule has 45 heavy (non-hydrogen) atoms. The van der Waals surface area contributed by atoms with Crippen molar-refractivity contribution in [3.63, 3.8) is 0 Å². The number of nitrogens with zero attached hydrogens (tertiary/aromatic N) is 4. The smallest absolute Gasteiger partial charge is 0.285 e. The number of nitrogens with one attached hydrogen (secondary N) is 1. The molecule has 236 valence electrons. The predicted molar refractivity (Wildman–Crippen MR) is 183 cm³/mol. The summed E-state index contributed by atoms with van der Waals surface area (Å²) in [7, 11) is 0. The van der Waals surface area contributed by atoms with Crippen molar-refractivity contribution in [3.05, 3.63) is 128 Å². The number of halogens is 4. The van der Waals surface area contributed by atoms with Crippen molar-refractivity contribution in [2.24, 2.45) is 15.7 Å². The molecular formula is C33H34Cl4N6O2. The number of hydrogen-bond donors (Lipinski definition) is 2. The Morgan fingerprint density at radius 2 is 1.42 bits per heavy atom. The van der Waals surface area contributed by atoms with Crippen LogP contribution in [0.25, 0.3) is 0 Å². The molecule has 3 heterocycles. The molecule has 0 bridgehead atoms. The quantitative estimate of drug-likeness (QED) is 0.136. The summed E-state index contributed by atoms with van der Waals surface area (Å²) in [6, 6.07) is 19.3. The normalized spacial score (nSPS) is 13.0. The van der Waals surface area contributed by atoms with Gasteiger partial charge in [0.25, 0.3) is 6.02 Å². The fourth-order valence-electron chi connectivity index (χ4n) is 4.20. The van der Waals surface area contributed by atoms with Crippen molar-refractivity contribution in [3.8, 4) is 0 Å². The van der Waals surface area contributed by atoms with Gasteiger partial charge >= 0.3 is 0 Å². The van der Waals surface area contributed by atoms with E-state index in [4.69, 9.17) is 56.9 Å². The fraction of sp³-hybridized carbons (Fsp3) is 0.273. The maximum Gasteiger partial charge on any atom is 0.285 e. The number of amidine groups is 1. The second-order valence-electron chi connectivity index (χ2n) is 9.72. The molecule has 2 unspecified atom stereocenters.